The van der Waals surface area contributed by atoms with E-state index >= 15 is 0 Å². The fourth-order valence-electron chi connectivity index (χ4n) is 4.71. The van der Waals surface area contributed by atoms with E-state index in [2.05, 4.69) is 51.5 Å². The quantitative estimate of drug-likeness (QED) is 0.132. The summed E-state index contributed by atoms with van der Waals surface area (Å²) in [5.74, 6) is 7.14. The Kier molecular flexibility index (Phi) is 6.48. The molecule has 0 N–H and O–H groups in total. The largest absolute Gasteiger partial charge is 0 e. The predicted molar refractivity (Wildman–Crippen MR) is 174 cm³/mol. The number of aromatic nitrogens is 2. The van der Waals surface area contributed by atoms with Crippen LogP contribution in [0.1, 0.15) is 20.7 Å². The monoisotopic (exact) mass is 794 g/mol. The van der Waals surface area contributed by atoms with Crippen LogP contribution in [0.5, 0.6) is 0 Å². The van der Waals surface area contributed by atoms with Crippen molar-refractivity contribution in [3.8, 4) is 22.5 Å². The van der Waals surface area contributed by atoms with Crippen molar-refractivity contribution in [3.63, 3.8) is 0 Å². The first-order chi connectivity index (χ1) is 22.6. The molecule has 0 unspecified atom stereocenters. The van der Waals surface area contributed by atoms with Crippen LogP contribution in [0.15, 0.2) is 108 Å². The number of furan rings is 1. The molecule has 0 amide bonds. The van der Waals surface area contributed by atoms with Crippen LogP contribution in [-0.2, 0) is 20.1 Å². The number of hydrogen-bond acceptors (Lipinski definition) is 3. The van der Waals surface area contributed by atoms with Crippen LogP contribution in [-0.4, -0.2) is 23.2 Å². The second kappa shape index (κ2) is 12.3. The molecule has 7 rings (SSSR count). The summed E-state index contributed by atoms with van der Waals surface area (Å²) in [5, 5.41) is 3.75. The minimum Gasteiger partial charge on any atom is 0 e. The number of nitrogens with zero attached hydrogens (tertiary/aromatic N) is 2. The number of rotatable bonds is 3. The molecule has 0 atom stereocenters. The Labute approximate surface area is 273 Å². The number of aryl methyl sites for hydroxylation is 1. The Morgan fingerprint density at radius 2 is 1.55 bits per heavy atom. The molecule has 0 aliphatic rings. The fraction of sp³-hybridized carbons (Fsp3) is 0.135. The van der Waals surface area contributed by atoms with Crippen LogP contribution >= 0.6 is 0 Å². The van der Waals surface area contributed by atoms with Crippen molar-refractivity contribution in [3.05, 3.63) is 127 Å². The Bertz CT molecular complexity index is 2260. The van der Waals surface area contributed by atoms with Crippen molar-refractivity contribution in [2.75, 3.05) is 0 Å². The van der Waals surface area contributed by atoms with Crippen LogP contribution < -0.4 is 4.40 Å². The minimum atomic E-state index is -2.78. The van der Waals surface area contributed by atoms with Crippen LogP contribution in [0.3, 0.4) is 0 Å². The van der Waals surface area contributed by atoms with Crippen LogP contribution in [0, 0.1) is 25.8 Å². The number of fused-ring (bicyclic) bond motifs is 4. The van der Waals surface area contributed by atoms with Crippen molar-refractivity contribution in [1.82, 2.24) is 9.97 Å². The summed E-state index contributed by atoms with van der Waals surface area (Å²) in [5.41, 5.74) is 2.70. The maximum atomic E-state index is 8.19. The van der Waals surface area contributed by atoms with E-state index in [-0.39, 0.29) is 25.8 Å². The van der Waals surface area contributed by atoms with Crippen molar-refractivity contribution < 1.29 is 34.1 Å². The summed E-state index contributed by atoms with van der Waals surface area (Å²) < 4.78 is 62.3. The average Bonchev–Trinajstić information content (AvgIpc) is 3.40. The molecule has 0 saturated carbocycles. The van der Waals surface area contributed by atoms with Gasteiger partial charge in [-0.25, -0.2) is 0 Å². The van der Waals surface area contributed by atoms with Crippen molar-refractivity contribution >= 4 is 50.4 Å². The molecule has 4 aromatic carbocycles. The second-order valence-electron chi connectivity index (χ2n) is 10.9. The third kappa shape index (κ3) is 6.12. The van der Waals surface area contributed by atoms with Gasteiger partial charge in [0.15, 0.2) is 0 Å². The summed E-state index contributed by atoms with van der Waals surface area (Å²) in [6.45, 7) is -5.50. The van der Waals surface area contributed by atoms with Gasteiger partial charge in [-0.15, -0.1) is 18.2 Å². The second-order valence-corrected chi connectivity index (χ2v) is 21.5. The van der Waals surface area contributed by atoms with E-state index in [4.69, 9.17) is 14.0 Å². The molecule has 0 aliphatic heterocycles. The predicted octanol–water partition coefficient (Wildman–Crippen LogP) is 9.31. The van der Waals surface area contributed by atoms with E-state index in [0.717, 1.165) is 32.8 Å². The Hall–Kier alpha value is -3.57. The van der Waals surface area contributed by atoms with E-state index in [9.17, 15) is 0 Å². The SMILES string of the molecule is [2H]c1nc(-c2[c-]ccc3c2oc2cc4ccccc4cc23)cc(C([2H])([2H])[2H])c1C([2H])([2H])[2H].[CH3][Ge]([CH3])([CH3])[c]1ccc(-c2[c-]cccc2)nc1.[Ir]. The topological polar surface area (TPSA) is 38.9 Å². The molecular weight excluding hydrogens is 753 g/mol. The maximum absolute atomic E-state index is 8.19. The van der Waals surface area contributed by atoms with Gasteiger partial charge in [0, 0.05) is 39.9 Å². The zero-order valence-corrected chi connectivity index (χ0v) is 27.9. The smallest absolute Gasteiger partial charge is 0 e. The summed E-state index contributed by atoms with van der Waals surface area (Å²) in [4.78, 5) is 8.66. The van der Waals surface area contributed by atoms with E-state index in [1.807, 2.05) is 72.9 Å². The van der Waals surface area contributed by atoms with Gasteiger partial charge in [0.2, 0.25) is 0 Å². The summed E-state index contributed by atoms with van der Waals surface area (Å²) in [7, 11) is 0. The molecule has 5 heteroatoms. The van der Waals surface area contributed by atoms with Gasteiger partial charge in [-0.2, -0.15) is 0 Å². The molecule has 0 spiro atoms. The van der Waals surface area contributed by atoms with Crippen molar-refractivity contribution in [1.29, 1.82) is 0 Å². The van der Waals surface area contributed by atoms with E-state index in [1.54, 1.807) is 6.07 Å². The number of hydrogen-bond donors (Lipinski definition) is 0. The molecule has 3 nitrogen and oxygen atoms in total. The van der Waals surface area contributed by atoms with Gasteiger partial charge in [0.25, 0.3) is 0 Å². The molecule has 42 heavy (non-hydrogen) atoms. The summed E-state index contributed by atoms with van der Waals surface area (Å²) >= 11 is -1.72. The Balaban J connectivity index is 0.000000233. The number of benzene rings is 4. The first-order valence-electron chi connectivity index (χ1n) is 16.8. The molecular formula is C37H32GeIrN2O-2. The van der Waals surface area contributed by atoms with E-state index in [1.165, 1.54) is 10.5 Å². The third-order valence-electron chi connectivity index (χ3n) is 7.01. The summed E-state index contributed by atoms with van der Waals surface area (Å²) in [6.07, 6.45) is 1.44. The molecule has 3 heterocycles. The van der Waals surface area contributed by atoms with Gasteiger partial charge in [-0.3, -0.25) is 0 Å². The number of pyridine rings is 2. The van der Waals surface area contributed by atoms with Crippen molar-refractivity contribution in [2.45, 2.75) is 31.0 Å². The van der Waals surface area contributed by atoms with Gasteiger partial charge in [-0.1, -0.05) is 46.8 Å². The zero-order chi connectivity index (χ0) is 34.4. The molecule has 0 fully saturated rings. The molecule has 7 aromatic rings. The van der Waals surface area contributed by atoms with Gasteiger partial charge in [-0.05, 0) is 47.9 Å². The van der Waals surface area contributed by atoms with E-state index < -0.39 is 44.3 Å². The molecule has 0 aliphatic carbocycles. The van der Waals surface area contributed by atoms with Gasteiger partial charge in [0.05, 0.1) is 6.95 Å². The minimum absolute atomic E-state index is 0. The standard InChI is InChI=1S/C23H16NO.C14H16GeN.Ir/c1-14-10-21(24-13-15(14)2)19-9-5-8-18-20-11-16-6-3-4-7-17(16)12-22(20)25-23(18)19;1-15(2,3)13-9-10-14(16-11-13)12-7-5-4-6-8-12;/h3-8,10-13H,1-2H3;4-7,9-11H,1-3H3;/q2*-1;/i1D3,2D3,13D;;. The molecule has 3 aromatic heterocycles. The first kappa shape index (κ1) is 22.0. The molecule has 0 bridgehead atoms. The first-order valence-corrected chi connectivity index (χ1v) is 20.7. The summed E-state index contributed by atoms with van der Waals surface area (Å²) in [6, 6.07) is 35.1. The Morgan fingerprint density at radius 1 is 0.762 bits per heavy atom. The fourth-order valence-corrected chi connectivity index (χ4v) is 6.88. The van der Waals surface area contributed by atoms with Crippen molar-refractivity contribution in [2.24, 2.45) is 0 Å². The van der Waals surface area contributed by atoms with Crippen LogP contribution in [0.25, 0.3) is 55.2 Å². The van der Waals surface area contributed by atoms with Crippen LogP contribution in [0.2, 0.25) is 17.3 Å². The normalized spacial score (nSPS) is 14.3. The molecule has 1 radical (unpaired) electrons. The maximum Gasteiger partial charge on any atom is 0 e. The van der Waals surface area contributed by atoms with E-state index in [0.29, 0.717) is 16.7 Å². The van der Waals surface area contributed by atoms with Gasteiger partial charge < -0.3 is 9.40 Å². The molecule has 0 saturated heterocycles. The van der Waals surface area contributed by atoms with Gasteiger partial charge >= 0.3 is 99.8 Å². The Morgan fingerprint density at radius 3 is 2.24 bits per heavy atom. The molecule has 211 valence electrons. The van der Waals surface area contributed by atoms with Crippen LogP contribution in [0.4, 0.5) is 0 Å². The zero-order valence-electron chi connectivity index (χ0n) is 30.4. The van der Waals surface area contributed by atoms with Gasteiger partial charge in [0.1, 0.15) is 5.58 Å². The third-order valence-corrected chi connectivity index (χ3v) is 11.3. The average molecular weight is 793 g/mol.